The number of carbonyl (C=O) groups excluding carboxylic acids is 1. The number of hydrogen-bond donors (Lipinski definition) is 1. The largest absolute Gasteiger partial charge is 0.326 e. The molecule has 0 spiro atoms. The van der Waals surface area contributed by atoms with Crippen molar-refractivity contribution < 1.29 is 4.79 Å². The van der Waals surface area contributed by atoms with E-state index in [0.29, 0.717) is 12.2 Å². The van der Waals surface area contributed by atoms with E-state index in [1.54, 1.807) is 6.20 Å². The molecule has 0 unspecified atom stereocenters. The highest BCUT2D eigenvalue weighted by Crippen LogP contribution is 2.29. The molecule has 0 saturated heterocycles. The second-order valence-electron chi connectivity index (χ2n) is 7.22. The Hall–Kier alpha value is -2.69. The summed E-state index contributed by atoms with van der Waals surface area (Å²) in [5.74, 6) is 1.51. The van der Waals surface area contributed by atoms with Crippen molar-refractivity contribution in [2.75, 3.05) is 5.32 Å². The van der Waals surface area contributed by atoms with Crippen LogP contribution >= 0.6 is 0 Å². The van der Waals surface area contributed by atoms with E-state index in [9.17, 15) is 4.79 Å². The lowest BCUT2D eigenvalue weighted by molar-refractivity contribution is -0.116. The molecule has 1 aliphatic carbocycles. The summed E-state index contributed by atoms with van der Waals surface area (Å²) in [4.78, 5) is 21.2. The molecule has 1 fully saturated rings. The molecule has 134 valence electrons. The van der Waals surface area contributed by atoms with Crippen molar-refractivity contribution >= 4 is 17.4 Å². The van der Waals surface area contributed by atoms with E-state index < -0.39 is 0 Å². The molecule has 0 radical (unpaired) electrons. The number of nitrogens with one attached hydrogen (secondary N) is 1. The van der Waals surface area contributed by atoms with Crippen LogP contribution in [0.5, 0.6) is 0 Å². The Morgan fingerprint density at radius 1 is 1.31 bits per heavy atom. The minimum absolute atomic E-state index is 0.105. The second-order valence-corrected chi connectivity index (χ2v) is 7.22. The zero-order chi connectivity index (χ0) is 17.9. The van der Waals surface area contributed by atoms with Gasteiger partial charge in [0, 0.05) is 36.3 Å². The number of aromatic nitrogens is 3. The van der Waals surface area contributed by atoms with Crippen molar-refractivity contribution in [1.82, 2.24) is 14.4 Å². The average Bonchev–Trinajstić information content (AvgIpc) is 3.31. The van der Waals surface area contributed by atoms with Crippen LogP contribution in [0.2, 0.25) is 0 Å². The van der Waals surface area contributed by atoms with Crippen LogP contribution in [0.15, 0.2) is 42.9 Å². The lowest BCUT2D eigenvalue weighted by Gasteiger charge is -2.12. The van der Waals surface area contributed by atoms with Crippen LogP contribution in [0.3, 0.4) is 0 Å². The number of nitrogens with zero attached hydrogens (tertiary/aromatic N) is 3. The Kier molecular flexibility index (Phi) is 4.69. The molecule has 1 saturated carbocycles. The summed E-state index contributed by atoms with van der Waals surface area (Å²) in [6.07, 6.45) is 12.4. The van der Waals surface area contributed by atoms with E-state index in [0.717, 1.165) is 34.8 Å². The molecule has 1 N–H and O–H groups in total. The molecule has 3 aromatic rings. The fraction of sp³-hybridized carbons (Fsp3) is 0.381. The van der Waals surface area contributed by atoms with E-state index in [4.69, 9.17) is 0 Å². The van der Waals surface area contributed by atoms with Gasteiger partial charge in [-0.2, -0.15) is 0 Å². The summed E-state index contributed by atoms with van der Waals surface area (Å²) in [6.45, 7) is 2.02. The van der Waals surface area contributed by atoms with Crippen LogP contribution in [0, 0.1) is 12.8 Å². The number of anilines is 1. The smallest absolute Gasteiger partial charge is 0.234 e. The summed E-state index contributed by atoms with van der Waals surface area (Å²) in [5, 5.41) is 3.09. The van der Waals surface area contributed by atoms with Crippen molar-refractivity contribution in [2.24, 2.45) is 5.92 Å². The number of hydrogen-bond acceptors (Lipinski definition) is 3. The summed E-state index contributed by atoms with van der Waals surface area (Å²) in [6, 6.07) is 7.94. The molecule has 1 amide bonds. The molecule has 1 aromatic carbocycles. The first-order valence-corrected chi connectivity index (χ1v) is 9.39. The van der Waals surface area contributed by atoms with Crippen LogP contribution in [-0.4, -0.2) is 20.3 Å². The number of benzene rings is 1. The van der Waals surface area contributed by atoms with Gasteiger partial charge >= 0.3 is 0 Å². The summed E-state index contributed by atoms with van der Waals surface area (Å²) in [7, 11) is 0. The van der Waals surface area contributed by atoms with Crippen LogP contribution in [0.25, 0.3) is 17.0 Å². The van der Waals surface area contributed by atoms with Crippen LogP contribution < -0.4 is 5.32 Å². The van der Waals surface area contributed by atoms with Gasteiger partial charge in [-0.3, -0.25) is 9.20 Å². The van der Waals surface area contributed by atoms with E-state index in [1.165, 1.54) is 25.7 Å². The first-order valence-electron chi connectivity index (χ1n) is 9.39. The molecule has 5 nitrogen and oxygen atoms in total. The third-order valence-corrected chi connectivity index (χ3v) is 5.30. The van der Waals surface area contributed by atoms with E-state index in [1.807, 2.05) is 48.0 Å². The molecule has 0 bridgehead atoms. The number of aryl methyl sites for hydroxylation is 1. The maximum absolute atomic E-state index is 12.4. The third kappa shape index (κ3) is 3.62. The Morgan fingerprint density at radius 3 is 2.96 bits per heavy atom. The van der Waals surface area contributed by atoms with Crippen LogP contribution in [0.1, 0.15) is 44.1 Å². The number of carbonyl (C=O) groups is 1. The van der Waals surface area contributed by atoms with Gasteiger partial charge in [0.05, 0.1) is 5.69 Å². The monoisotopic (exact) mass is 348 g/mol. The van der Waals surface area contributed by atoms with Gasteiger partial charge in [0.15, 0.2) is 0 Å². The average molecular weight is 348 g/mol. The van der Waals surface area contributed by atoms with Gasteiger partial charge in [0.25, 0.3) is 0 Å². The maximum Gasteiger partial charge on any atom is 0.234 e. The van der Waals surface area contributed by atoms with Gasteiger partial charge in [-0.05, 0) is 37.0 Å². The summed E-state index contributed by atoms with van der Waals surface area (Å²) in [5.41, 5.74) is 3.76. The molecule has 4 rings (SSSR count). The minimum Gasteiger partial charge on any atom is -0.326 e. The topological polar surface area (TPSA) is 59.3 Å². The molecular weight excluding hydrogens is 324 g/mol. The molecule has 0 aliphatic heterocycles. The zero-order valence-electron chi connectivity index (χ0n) is 15.1. The first-order chi connectivity index (χ1) is 12.7. The highest BCUT2D eigenvalue weighted by atomic mass is 16.1. The Morgan fingerprint density at radius 2 is 2.15 bits per heavy atom. The third-order valence-electron chi connectivity index (χ3n) is 5.30. The van der Waals surface area contributed by atoms with Gasteiger partial charge < -0.3 is 5.32 Å². The molecule has 2 heterocycles. The highest BCUT2D eigenvalue weighted by Gasteiger charge is 2.16. The van der Waals surface area contributed by atoms with Crippen molar-refractivity contribution in [3.05, 3.63) is 48.4 Å². The minimum atomic E-state index is 0.105. The molecule has 2 aromatic heterocycles. The van der Waals surface area contributed by atoms with Gasteiger partial charge in [-0.1, -0.05) is 37.8 Å². The predicted molar refractivity (Wildman–Crippen MR) is 103 cm³/mol. The Bertz CT molecular complexity index is 892. The molecule has 26 heavy (non-hydrogen) atoms. The number of imidazole rings is 1. The van der Waals surface area contributed by atoms with Crippen LogP contribution in [-0.2, 0) is 4.79 Å². The second kappa shape index (κ2) is 7.28. The normalized spacial score (nSPS) is 14.8. The Labute approximate surface area is 153 Å². The maximum atomic E-state index is 12.4. The lowest BCUT2D eigenvalue weighted by atomic mass is 10.0. The molecule has 0 atom stereocenters. The quantitative estimate of drug-likeness (QED) is 0.732. The Balaban J connectivity index is 1.49. The van der Waals surface area contributed by atoms with E-state index >= 15 is 0 Å². The summed E-state index contributed by atoms with van der Waals surface area (Å²) < 4.78 is 1.90. The van der Waals surface area contributed by atoms with Crippen molar-refractivity contribution in [1.29, 1.82) is 0 Å². The van der Waals surface area contributed by atoms with Crippen molar-refractivity contribution in [3.8, 4) is 11.3 Å². The molecule has 5 heteroatoms. The van der Waals surface area contributed by atoms with Gasteiger partial charge in [0.1, 0.15) is 0 Å². The number of amides is 1. The SMILES string of the molecule is Cc1ccc(-c2cn3cccnc3n2)cc1NC(=O)CCC1CCCC1. The van der Waals surface area contributed by atoms with Crippen molar-refractivity contribution in [3.63, 3.8) is 0 Å². The fourth-order valence-corrected chi connectivity index (χ4v) is 3.73. The molecule has 1 aliphatic rings. The van der Waals surface area contributed by atoms with Gasteiger partial charge in [-0.15, -0.1) is 0 Å². The lowest BCUT2D eigenvalue weighted by Crippen LogP contribution is -2.13. The van der Waals surface area contributed by atoms with Crippen LogP contribution in [0.4, 0.5) is 5.69 Å². The van der Waals surface area contributed by atoms with Crippen molar-refractivity contribution in [2.45, 2.75) is 45.4 Å². The van der Waals surface area contributed by atoms with Gasteiger partial charge in [-0.25, -0.2) is 9.97 Å². The zero-order valence-corrected chi connectivity index (χ0v) is 15.1. The fourth-order valence-electron chi connectivity index (χ4n) is 3.73. The predicted octanol–water partition coefficient (Wildman–Crippen LogP) is 4.61. The number of rotatable bonds is 5. The highest BCUT2D eigenvalue weighted by molar-refractivity contribution is 5.92. The first kappa shape index (κ1) is 16.8. The summed E-state index contributed by atoms with van der Waals surface area (Å²) >= 11 is 0. The molecular formula is C21H24N4O. The van der Waals surface area contributed by atoms with E-state index in [2.05, 4.69) is 15.3 Å². The standard InChI is InChI=1S/C21H24N4O/c1-15-7-9-17(19-14-25-12-4-11-22-21(25)24-19)13-18(15)23-20(26)10-8-16-5-2-3-6-16/h4,7,9,11-14,16H,2-3,5-6,8,10H2,1H3,(H,23,26). The number of fused-ring (bicyclic) bond motifs is 1. The van der Waals surface area contributed by atoms with Gasteiger partial charge in [0.2, 0.25) is 11.7 Å². The van der Waals surface area contributed by atoms with E-state index in [-0.39, 0.29) is 5.91 Å².